The van der Waals surface area contributed by atoms with Crippen molar-refractivity contribution in [2.45, 2.75) is 6.10 Å². The molecule has 2 aromatic rings. The highest BCUT2D eigenvalue weighted by Crippen LogP contribution is 2.32. The number of carbonyl (C=O) groups is 1. The van der Waals surface area contributed by atoms with Crippen LogP contribution in [0.25, 0.3) is 10.8 Å². The number of halogens is 1. The van der Waals surface area contributed by atoms with Crippen molar-refractivity contribution in [3.63, 3.8) is 0 Å². The van der Waals surface area contributed by atoms with Gasteiger partial charge in [-0.25, -0.2) is 0 Å². The van der Waals surface area contributed by atoms with Gasteiger partial charge in [0.1, 0.15) is 5.75 Å². The molecule has 1 aliphatic rings. The first-order valence-corrected chi connectivity index (χ1v) is 9.47. The maximum absolute atomic E-state index is 12.0. The number of aliphatic hydroxyl groups is 1. The number of benzene rings is 2. The van der Waals surface area contributed by atoms with E-state index >= 15 is 0 Å². The van der Waals surface area contributed by atoms with Gasteiger partial charge in [-0.05, 0) is 32.8 Å². The highest BCUT2D eigenvalue weighted by molar-refractivity contribution is 9.10. The summed E-state index contributed by atoms with van der Waals surface area (Å²) in [7, 11) is 0. The molecule has 1 saturated heterocycles. The normalized spacial score (nSPS) is 16.4. The molecule has 0 aliphatic carbocycles. The molecule has 0 radical (unpaired) electrons. The minimum absolute atomic E-state index is 0.0960. The Labute approximate surface area is 161 Å². The molecule has 0 spiro atoms. The van der Waals surface area contributed by atoms with Crippen molar-refractivity contribution in [2.24, 2.45) is 0 Å². The Kier molecular flexibility index (Phi) is 6.85. The van der Waals surface area contributed by atoms with E-state index in [2.05, 4.69) is 26.1 Å². The Bertz CT molecular complexity index is 749. The van der Waals surface area contributed by atoms with E-state index in [-0.39, 0.29) is 19.1 Å². The lowest BCUT2D eigenvalue weighted by Gasteiger charge is -2.28. The van der Waals surface area contributed by atoms with Crippen LogP contribution in [0.2, 0.25) is 0 Å². The molecular weight excluding hydrogens is 400 g/mol. The molecule has 26 heavy (non-hydrogen) atoms. The number of β-amino-alcohol motifs (C(OH)–C–C–N with tert-alkyl or cyclic N) is 1. The van der Waals surface area contributed by atoms with Crippen molar-refractivity contribution < 1.29 is 19.4 Å². The zero-order chi connectivity index (χ0) is 18.4. The Hall–Kier alpha value is -1.67. The van der Waals surface area contributed by atoms with Crippen molar-refractivity contribution in [3.8, 4) is 5.75 Å². The van der Waals surface area contributed by atoms with E-state index in [4.69, 9.17) is 9.47 Å². The molecule has 3 rings (SSSR count). The zero-order valence-electron chi connectivity index (χ0n) is 14.5. The molecule has 0 bridgehead atoms. The molecule has 1 atom stereocenters. The predicted molar refractivity (Wildman–Crippen MR) is 103 cm³/mol. The van der Waals surface area contributed by atoms with Gasteiger partial charge in [-0.2, -0.15) is 0 Å². The van der Waals surface area contributed by atoms with Crippen LogP contribution in [0.15, 0.2) is 40.9 Å². The number of rotatable bonds is 7. The van der Waals surface area contributed by atoms with Gasteiger partial charge >= 0.3 is 0 Å². The second-order valence-corrected chi connectivity index (χ2v) is 7.05. The van der Waals surface area contributed by atoms with Gasteiger partial charge in [0.2, 0.25) is 0 Å². The second-order valence-electron chi connectivity index (χ2n) is 6.26. The van der Waals surface area contributed by atoms with Gasteiger partial charge in [0, 0.05) is 26.2 Å². The third-order valence-electron chi connectivity index (χ3n) is 4.29. The van der Waals surface area contributed by atoms with Gasteiger partial charge in [0.25, 0.3) is 5.91 Å². The number of aliphatic hydroxyl groups excluding tert-OH is 1. The van der Waals surface area contributed by atoms with Crippen LogP contribution >= 0.6 is 15.9 Å². The second kappa shape index (κ2) is 9.32. The van der Waals surface area contributed by atoms with Gasteiger partial charge in [0.05, 0.1) is 23.8 Å². The topological polar surface area (TPSA) is 71.0 Å². The molecule has 0 aromatic heterocycles. The van der Waals surface area contributed by atoms with E-state index in [1.165, 1.54) is 0 Å². The maximum atomic E-state index is 12.0. The summed E-state index contributed by atoms with van der Waals surface area (Å²) in [5.41, 5.74) is 0. The Morgan fingerprint density at radius 3 is 2.85 bits per heavy atom. The number of morpholine rings is 1. The number of fused-ring (bicyclic) bond motifs is 1. The number of hydrogen-bond acceptors (Lipinski definition) is 5. The maximum Gasteiger partial charge on any atom is 0.258 e. The summed E-state index contributed by atoms with van der Waals surface area (Å²) in [5, 5.41) is 14.9. The fraction of sp³-hybridized carbons (Fsp3) is 0.421. The molecule has 1 heterocycles. The van der Waals surface area contributed by atoms with Crippen molar-refractivity contribution in [2.75, 3.05) is 46.0 Å². The highest BCUT2D eigenvalue weighted by Gasteiger charge is 2.16. The van der Waals surface area contributed by atoms with Crippen LogP contribution in [0.3, 0.4) is 0 Å². The van der Waals surface area contributed by atoms with Gasteiger partial charge in [0.15, 0.2) is 6.61 Å². The quantitative estimate of drug-likeness (QED) is 0.711. The van der Waals surface area contributed by atoms with E-state index in [0.29, 0.717) is 25.5 Å². The van der Waals surface area contributed by atoms with E-state index in [9.17, 15) is 9.90 Å². The molecule has 1 fully saturated rings. The largest absolute Gasteiger partial charge is 0.483 e. The number of hydrogen-bond donors (Lipinski definition) is 2. The standard InChI is InChI=1S/C19H23BrN2O4/c20-19-16-4-2-1-3-14(16)5-6-17(19)26-13-18(24)21-11-15(23)12-22-7-9-25-10-8-22/h1-6,15,23H,7-13H2,(H,21,24). The van der Waals surface area contributed by atoms with E-state index in [1.807, 2.05) is 36.4 Å². The van der Waals surface area contributed by atoms with Crippen LogP contribution in [0.4, 0.5) is 0 Å². The number of amides is 1. The average molecular weight is 423 g/mol. The molecule has 2 N–H and O–H groups in total. The molecule has 1 unspecified atom stereocenters. The smallest absolute Gasteiger partial charge is 0.258 e. The molecular formula is C19H23BrN2O4. The average Bonchev–Trinajstić information content (AvgIpc) is 2.67. The van der Waals surface area contributed by atoms with Crippen molar-refractivity contribution >= 4 is 32.6 Å². The molecule has 2 aromatic carbocycles. The summed E-state index contributed by atoms with van der Waals surface area (Å²) >= 11 is 3.54. The predicted octanol–water partition coefficient (Wildman–Crippen LogP) is 1.79. The fourth-order valence-electron chi connectivity index (χ4n) is 2.90. The van der Waals surface area contributed by atoms with Crippen molar-refractivity contribution in [3.05, 3.63) is 40.9 Å². The van der Waals surface area contributed by atoms with Gasteiger partial charge in [-0.15, -0.1) is 0 Å². The van der Waals surface area contributed by atoms with E-state index in [0.717, 1.165) is 28.3 Å². The summed E-state index contributed by atoms with van der Waals surface area (Å²) < 4.78 is 11.7. The number of nitrogens with zero attached hydrogens (tertiary/aromatic N) is 1. The minimum atomic E-state index is -0.607. The lowest BCUT2D eigenvalue weighted by molar-refractivity contribution is -0.123. The van der Waals surface area contributed by atoms with Crippen molar-refractivity contribution in [1.82, 2.24) is 10.2 Å². The first-order chi connectivity index (χ1) is 12.6. The summed E-state index contributed by atoms with van der Waals surface area (Å²) in [4.78, 5) is 14.1. The Morgan fingerprint density at radius 1 is 1.27 bits per heavy atom. The molecule has 1 aliphatic heterocycles. The van der Waals surface area contributed by atoms with Crippen LogP contribution in [-0.4, -0.2) is 68.0 Å². The Balaban J connectivity index is 1.44. The van der Waals surface area contributed by atoms with Crippen LogP contribution in [0.5, 0.6) is 5.75 Å². The van der Waals surface area contributed by atoms with Crippen molar-refractivity contribution in [1.29, 1.82) is 0 Å². The first kappa shape index (κ1) is 19.1. The van der Waals surface area contributed by atoms with Gasteiger partial charge in [-0.3, -0.25) is 9.69 Å². The third-order valence-corrected chi connectivity index (χ3v) is 5.11. The summed E-state index contributed by atoms with van der Waals surface area (Å²) in [6.45, 7) is 3.63. The summed E-state index contributed by atoms with van der Waals surface area (Å²) in [6, 6.07) is 11.7. The van der Waals surface area contributed by atoms with Crippen LogP contribution in [0.1, 0.15) is 0 Å². The number of carbonyl (C=O) groups excluding carboxylic acids is 1. The number of ether oxygens (including phenoxy) is 2. The van der Waals surface area contributed by atoms with Gasteiger partial charge in [-0.1, -0.05) is 30.3 Å². The summed E-state index contributed by atoms with van der Waals surface area (Å²) in [6.07, 6.45) is -0.607. The SMILES string of the molecule is O=C(COc1ccc2ccccc2c1Br)NCC(O)CN1CCOCC1. The monoisotopic (exact) mass is 422 g/mol. The lowest BCUT2D eigenvalue weighted by Crippen LogP contribution is -2.45. The molecule has 1 amide bonds. The summed E-state index contributed by atoms with van der Waals surface area (Å²) in [5.74, 6) is 0.360. The van der Waals surface area contributed by atoms with Crippen LogP contribution in [0, 0.1) is 0 Å². The fourth-order valence-corrected chi connectivity index (χ4v) is 3.51. The Morgan fingerprint density at radius 2 is 2.04 bits per heavy atom. The first-order valence-electron chi connectivity index (χ1n) is 8.68. The minimum Gasteiger partial charge on any atom is -0.483 e. The molecule has 6 nitrogen and oxygen atoms in total. The van der Waals surface area contributed by atoms with Crippen LogP contribution in [-0.2, 0) is 9.53 Å². The van der Waals surface area contributed by atoms with E-state index in [1.54, 1.807) is 0 Å². The van der Waals surface area contributed by atoms with Gasteiger partial charge < -0.3 is 19.9 Å². The zero-order valence-corrected chi connectivity index (χ0v) is 16.1. The van der Waals surface area contributed by atoms with E-state index < -0.39 is 6.10 Å². The molecule has 0 saturated carbocycles. The lowest BCUT2D eigenvalue weighted by atomic mass is 10.1. The molecule has 140 valence electrons. The van der Waals surface area contributed by atoms with Crippen LogP contribution < -0.4 is 10.1 Å². The molecule has 7 heteroatoms. The third kappa shape index (κ3) is 5.17. The number of nitrogens with one attached hydrogen (secondary N) is 1. The highest BCUT2D eigenvalue weighted by atomic mass is 79.9.